The number of hydrogen-bond acceptors (Lipinski definition) is 2. The molecule has 0 spiro atoms. The van der Waals surface area contributed by atoms with Gasteiger partial charge >= 0.3 is 0 Å². The summed E-state index contributed by atoms with van der Waals surface area (Å²) in [6, 6.07) is 9.45. The quantitative estimate of drug-likeness (QED) is 0.837. The molecule has 2 heteroatoms. The van der Waals surface area contributed by atoms with Crippen LogP contribution in [-0.4, -0.2) is 17.0 Å². The van der Waals surface area contributed by atoms with Crippen molar-refractivity contribution in [2.75, 3.05) is 11.1 Å². The van der Waals surface area contributed by atoms with Gasteiger partial charge in [0.15, 0.2) is 0 Å². The molecule has 1 aromatic rings. The van der Waals surface area contributed by atoms with Gasteiger partial charge in [-0.3, -0.25) is 0 Å². The maximum absolute atomic E-state index is 3.63. The summed E-state index contributed by atoms with van der Waals surface area (Å²) in [6.45, 7) is 4.52. The molecule has 1 heterocycles. The average molecular weight is 221 g/mol. The summed E-state index contributed by atoms with van der Waals surface area (Å²) < 4.78 is 0. The van der Waals surface area contributed by atoms with Crippen LogP contribution in [0.3, 0.4) is 0 Å². The molecule has 2 rings (SSSR count). The summed E-state index contributed by atoms with van der Waals surface area (Å²) in [4.78, 5) is 0. The number of anilines is 1. The smallest absolute Gasteiger partial charge is 0.0362 e. The third kappa shape index (κ3) is 2.91. The zero-order valence-corrected chi connectivity index (χ0v) is 10.3. The van der Waals surface area contributed by atoms with E-state index < -0.39 is 0 Å². The van der Waals surface area contributed by atoms with Crippen molar-refractivity contribution < 1.29 is 0 Å². The minimum Gasteiger partial charge on any atom is -0.381 e. The fourth-order valence-corrected chi connectivity index (χ4v) is 3.18. The van der Waals surface area contributed by atoms with Crippen LogP contribution < -0.4 is 5.32 Å². The van der Waals surface area contributed by atoms with Crippen LogP contribution in [-0.2, 0) is 6.42 Å². The van der Waals surface area contributed by atoms with Crippen LogP contribution in [0, 0.1) is 0 Å². The van der Waals surface area contributed by atoms with Gasteiger partial charge in [0.05, 0.1) is 0 Å². The molecule has 0 aromatic heterocycles. The fraction of sp³-hybridized carbons (Fsp3) is 0.538. The highest BCUT2D eigenvalue weighted by atomic mass is 32.2. The summed E-state index contributed by atoms with van der Waals surface area (Å²) >= 11 is 2.07. The number of nitrogens with one attached hydrogen (secondary N) is 1. The van der Waals surface area contributed by atoms with E-state index >= 15 is 0 Å². The molecule has 0 aliphatic carbocycles. The lowest BCUT2D eigenvalue weighted by molar-refractivity contribution is 0.747. The molecule has 1 fully saturated rings. The molecule has 1 aromatic carbocycles. The summed E-state index contributed by atoms with van der Waals surface area (Å²) in [6.07, 6.45) is 2.41. The second-order valence-corrected chi connectivity index (χ2v) is 5.75. The van der Waals surface area contributed by atoms with Gasteiger partial charge in [-0.2, -0.15) is 11.8 Å². The topological polar surface area (TPSA) is 12.0 Å². The molecule has 15 heavy (non-hydrogen) atoms. The average Bonchev–Trinajstić information content (AvgIpc) is 2.64. The largest absolute Gasteiger partial charge is 0.381 e. The molecule has 1 aliphatic rings. The van der Waals surface area contributed by atoms with E-state index in [0.717, 1.165) is 11.7 Å². The Morgan fingerprint density at radius 1 is 1.47 bits per heavy atom. The standard InChI is InChI=1S/C13H19NS/c1-3-11-5-4-6-12(8-11)14-13-7-10(2)15-9-13/h4-6,8,10,13-14H,3,7,9H2,1-2H3. The molecule has 1 saturated heterocycles. The monoisotopic (exact) mass is 221 g/mol. The Balaban J connectivity index is 1.98. The van der Waals surface area contributed by atoms with E-state index in [9.17, 15) is 0 Å². The van der Waals surface area contributed by atoms with Gasteiger partial charge in [0.1, 0.15) is 0 Å². The molecule has 2 unspecified atom stereocenters. The van der Waals surface area contributed by atoms with E-state index in [1.165, 1.54) is 23.4 Å². The van der Waals surface area contributed by atoms with Gasteiger partial charge in [-0.25, -0.2) is 0 Å². The number of hydrogen-bond donors (Lipinski definition) is 1. The summed E-state index contributed by atoms with van der Waals surface area (Å²) in [5.74, 6) is 1.25. The zero-order valence-electron chi connectivity index (χ0n) is 9.49. The molecular weight excluding hydrogens is 202 g/mol. The Bertz CT molecular complexity index is 324. The van der Waals surface area contributed by atoms with Crippen molar-refractivity contribution in [1.29, 1.82) is 0 Å². The molecule has 0 radical (unpaired) electrons. The minimum atomic E-state index is 0.664. The van der Waals surface area contributed by atoms with Crippen molar-refractivity contribution >= 4 is 17.4 Å². The Morgan fingerprint density at radius 2 is 2.33 bits per heavy atom. The number of thioether (sulfide) groups is 1. The lowest BCUT2D eigenvalue weighted by atomic mass is 10.1. The van der Waals surface area contributed by atoms with Crippen LogP contribution in [0.25, 0.3) is 0 Å². The molecule has 1 N–H and O–H groups in total. The third-order valence-corrected chi connectivity index (χ3v) is 4.26. The zero-order chi connectivity index (χ0) is 10.7. The van der Waals surface area contributed by atoms with E-state index in [-0.39, 0.29) is 0 Å². The first-order valence-electron chi connectivity index (χ1n) is 5.75. The van der Waals surface area contributed by atoms with Gasteiger partial charge in [0, 0.05) is 22.7 Å². The van der Waals surface area contributed by atoms with Gasteiger partial charge in [-0.15, -0.1) is 0 Å². The van der Waals surface area contributed by atoms with Crippen LogP contribution in [0.15, 0.2) is 24.3 Å². The SMILES string of the molecule is CCc1cccc(NC2CSC(C)C2)c1. The molecule has 1 nitrogen and oxygen atoms in total. The Morgan fingerprint density at radius 3 is 3.00 bits per heavy atom. The van der Waals surface area contributed by atoms with Crippen molar-refractivity contribution in [2.24, 2.45) is 0 Å². The van der Waals surface area contributed by atoms with Crippen LogP contribution in [0.5, 0.6) is 0 Å². The van der Waals surface area contributed by atoms with E-state index in [2.05, 4.69) is 55.2 Å². The predicted molar refractivity (Wildman–Crippen MR) is 69.8 cm³/mol. The first-order chi connectivity index (χ1) is 7.28. The van der Waals surface area contributed by atoms with Crippen molar-refractivity contribution in [2.45, 2.75) is 38.0 Å². The highest BCUT2D eigenvalue weighted by Gasteiger charge is 2.21. The lowest BCUT2D eigenvalue weighted by Crippen LogP contribution is -2.18. The molecular formula is C13H19NS. The first kappa shape index (κ1) is 10.9. The number of rotatable bonds is 3. The van der Waals surface area contributed by atoms with Crippen molar-refractivity contribution in [3.63, 3.8) is 0 Å². The number of aryl methyl sites for hydroxylation is 1. The van der Waals surface area contributed by atoms with E-state index in [4.69, 9.17) is 0 Å². The fourth-order valence-electron chi connectivity index (χ4n) is 2.03. The highest BCUT2D eigenvalue weighted by molar-refractivity contribution is 8.00. The maximum Gasteiger partial charge on any atom is 0.0362 e. The van der Waals surface area contributed by atoms with Crippen LogP contribution >= 0.6 is 11.8 Å². The normalized spacial score (nSPS) is 25.5. The molecule has 2 atom stereocenters. The van der Waals surface area contributed by atoms with E-state index in [1.807, 2.05) is 0 Å². The summed E-state index contributed by atoms with van der Waals surface area (Å²) in [5, 5.41) is 4.44. The van der Waals surface area contributed by atoms with Crippen molar-refractivity contribution in [3.05, 3.63) is 29.8 Å². The Labute approximate surface area is 96.7 Å². The maximum atomic E-state index is 3.63. The Hall–Kier alpha value is -0.630. The van der Waals surface area contributed by atoms with Crippen molar-refractivity contribution in [3.8, 4) is 0 Å². The van der Waals surface area contributed by atoms with Crippen LogP contribution in [0.4, 0.5) is 5.69 Å². The number of benzene rings is 1. The second kappa shape index (κ2) is 4.93. The highest BCUT2D eigenvalue weighted by Crippen LogP contribution is 2.28. The van der Waals surface area contributed by atoms with E-state index in [0.29, 0.717) is 6.04 Å². The molecule has 1 aliphatic heterocycles. The van der Waals surface area contributed by atoms with Gasteiger partial charge < -0.3 is 5.32 Å². The third-order valence-electron chi connectivity index (χ3n) is 2.90. The van der Waals surface area contributed by atoms with Gasteiger partial charge in [-0.05, 0) is 30.5 Å². The van der Waals surface area contributed by atoms with Gasteiger partial charge in [-0.1, -0.05) is 26.0 Å². The Kier molecular flexibility index (Phi) is 3.57. The van der Waals surface area contributed by atoms with Gasteiger partial charge in [0.2, 0.25) is 0 Å². The molecule has 0 saturated carbocycles. The molecule has 0 amide bonds. The summed E-state index contributed by atoms with van der Waals surface area (Å²) in [5.41, 5.74) is 2.70. The van der Waals surface area contributed by atoms with Gasteiger partial charge in [0.25, 0.3) is 0 Å². The van der Waals surface area contributed by atoms with Crippen LogP contribution in [0.2, 0.25) is 0 Å². The second-order valence-electron chi connectivity index (χ2n) is 4.27. The molecule has 0 bridgehead atoms. The predicted octanol–water partition coefficient (Wildman–Crippen LogP) is 3.55. The first-order valence-corrected chi connectivity index (χ1v) is 6.80. The molecule has 82 valence electrons. The van der Waals surface area contributed by atoms with E-state index in [1.54, 1.807) is 0 Å². The lowest BCUT2D eigenvalue weighted by Gasteiger charge is -2.13. The van der Waals surface area contributed by atoms with Crippen molar-refractivity contribution in [1.82, 2.24) is 0 Å². The van der Waals surface area contributed by atoms with Crippen LogP contribution in [0.1, 0.15) is 25.8 Å². The minimum absolute atomic E-state index is 0.664. The summed E-state index contributed by atoms with van der Waals surface area (Å²) in [7, 11) is 0.